The van der Waals surface area contributed by atoms with Gasteiger partial charge in [-0.2, -0.15) is 12.6 Å². The second-order valence-electron chi connectivity index (χ2n) is 1.62. The van der Waals surface area contributed by atoms with E-state index in [1.165, 1.54) is 0 Å². The molecule has 1 aromatic rings. The molecule has 1 heterocycles. The molecule has 0 bridgehead atoms. The fourth-order valence-electron chi connectivity index (χ4n) is 0.535. The van der Waals surface area contributed by atoms with Crippen LogP contribution < -0.4 is 0 Å². The van der Waals surface area contributed by atoms with Crippen LogP contribution in [0.1, 0.15) is 5.69 Å². The molecule has 0 aliphatic rings. The summed E-state index contributed by atoms with van der Waals surface area (Å²) in [6.07, 6.45) is 1.67. The van der Waals surface area contributed by atoms with Crippen LogP contribution in [-0.2, 0) is 5.75 Å². The summed E-state index contributed by atoms with van der Waals surface area (Å²) in [6.45, 7) is 0. The molecule has 0 saturated carbocycles. The summed E-state index contributed by atoms with van der Waals surface area (Å²) < 4.78 is 0. The highest BCUT2D eigenvalue weighted by atomic mass is 35.5. The van der Waals surface area contributed by atoms with Crippen molar-refractivity contribution >= 4 is 24.2 Å². The Morgan fingerprint density at radius 2 is 2.44 bits per heavy atom. The van der Waals surface area contributed by atoms with Crippen molar-refractivity contribution in [1.29, 1.82) is 0 Å². The third kappa shape index (κ3) is 1.88. The van der Waals surface area contributed by atoms with E-state index < -0.39 is 0 Å². The van der Waals surface area contributed by atoms with Crippen molar-refractivity contribution in [1.82, 2.24) is 4.98 Å². The van der Waals surface area contributed by atoms with Crippen LogP contribution in [0.2, 0.25) is 5.02 Å². The Bertz CT molecular complexity index is 202. The number of nitrogens with zero attached hydrogens (tertiary/aromatic N) is 1. The fraction of sp³-hybridized carbons (Fsp3) is 0.167. The molecule has 1 nitrogen and oxygen atoms in total. The largest absolute Gasteiger partial charge is 0.260 e. The van der Waals surface area contributed by atoms with Gasteiger partial charge in [-0.15, -0.1) is 0 Å². The van der Waals surface area contributed by atoms with Gasteiger partial charge in [0.2, 0.25) is 0 Å². The van der Waals surface area contributed by atoms with Gasteiger partial charge in [-0.3, -0.25) is 4.98 Å². The molecular formula is C6H6ClNS. The van der Waals surface area contributed by atoms with Crippen molar-refractivity contribution in [2.75, 3.05) is 0 Å². The van der Waals surface area contributed by atoms with E-state index in [2.05, 4.69) is 17.6 Å². The molecule has 0 fully saturated rings. The first-order chi connectivity index (χ1) is 4.33. The highest BCUT2D eigenvalue weighted by molar-refractivity contribution is 7.79. The molecule has 0 saturated heterocycles. The van der Waals surface area contributed by atoms with Crippen molar-refractivity contribution in [3.05, 3.63) is 29.0 Å². The summed E-state index contributed by atoms with van der Waals surface area (Å²) in [5.74, 6) is 0.639. The monoisotopic (exact) mass is 159 g/mol. The summed E-state index contributed by atoms with van der Waals surface area (Å²) in [6, 6.07) is 3.54. The van der Waals surface area contributed by atoms with Crippen LogP contribution in [-0.4, -0.2) is 4.98 Å². The zero-order chi connectivity index (χ0) is 6.69. The van der Waals surface area contributed by atoms with E-state index in [0.717, 1.165) is 5.69 Å². The topological polar surface area (TPSA) is 12.9 Å². The fourth-order valence-corrected chi connectivity index (χ4v) is 0.890. The summed E-state index contributed by atoms with van der Waals surface area (Å²) in [5.41, 5.74) is 0.908. The standard InChI is InChI=1S/C6H6ClNS/c7-5-1-2-8-6(3-5)4-9/h1-3,9H,4H2. The number of rotatable bonds is 1. The molecule has 3 heteroatoms. The van der Waals surface area contributed by atoms with E-state index in [9.17, 15) is 0 Å². The number of thiol groups is 1. The first kappa shape index (κ1) is 6.90. The molecule has 0 radical (unpaired) electrons. The third-order valence-corrected chi connectivity index (χ3v) is 1.50. The van der Waals surface area contributed by atoms with Gasteiger partial charge >= 0.3 is 0 Å². The minimum atomic E-state index is 0.639. The average Bonchev–Trinajstić information content (AvgIpc) is 1.88. The Morgan fingerprint density at radius 3 is 2.89 bits per heavy atom. The molecule has 0 aliphatic carbocycles. The molecule has 0 amide bonds. The van der Waals surface area contributed by atoms with Crippen molar-refractivity contribution in [3.8, 4) is 0 Å². The molecule has 0 spiro atoms. The lowest BCUT2D eigenvalue weighted by Gasteiger charge is -1.92. The maximum atomic E-state index is 5.65. The Morgan fingerprint density at radius 1 is 1.67 bits per heavy atom. The molecule has 0 unspecified atom stereocenters. The predicted octanol–water partition coefficient (Wildman–Crippen LogP) is 2.16. The van der Waals surface area contributed by atoms with Gasteiger partial charge in [-0.25, -0.2) is 0 Å². The van der Waals surface area contributed by atoms with Gasteiger partial charge in [-0.1, -0.05) is 11.6 Å². The lowest BCUT2D eigenvalue weighted by molar-refractivity contribution is 1.18. The molecule has 9 heavy (non-hydrogen) atoms. The van der Waals surface area contributed by atoms with E-state index in [4.69, 9.17) is 11.6 Å². The van der Waals surface area contributed by atoms with Crippen molar-refractivity contribution in [2.45, 2.75) is 5.75 Å². The Hall–Kier alpha value is -0.210. The number of pyridine rings is 1. The van der Waals surface area contributed by atoms with Crippen LogP contribution in [0.15, 0.2) is 18.3 Å². The summed E-state index contributed by atoms with van der Waals surface area (Å²) in [7, 11) is 0. The molecule has 48 valence electrons. The van der Waals surface area contributed by atoms with E-state index in [0.29, 0.717) is 10.8 Å². The van der Waals surface area contributed by atoms with E-state index >= 15 is 0 Å². The highest BCUT2D eigenvalue weighted by Crippen LogP contribution is 2.08. The molecular weight excluding hydrogens is 154 g/mol. The normalized spacial score (nSPS) is 9.56. The summed E-state index contributed by atoms with van der Waals surface area (Å²) in [5, 5.41) is 0.717. The molecule has 1 rings (SSSR count). The number of aromatic nitrogens is 1. The van der Waals surface area contributed by atoms with Crippen LogP contribution in [0.5, 0.6) is 0 Å². The number of hydrogen-bond donors (Lipinski definition) is 1. The minimum absolute atomic E-state index is 0.639. The van der Waals surface area contributed by atoms with Gasteiger partial charge in [-0.05, 0) is 12.1 Å². The van der Waals surface area contributed by atoms with Crippen LogP contribution in [0, 0.1) is 0 Å². The lowest BCUT2D eigenvalue weighted by atomic mass is 10.4. The summed E-state index contributed by atoms with van der Waals surface area (Å²) in [4.78, 5) is 4.00. The van der Waals surface area contributed by atoms with Gasteiger partial charge in [0.05, 0.1) is 5.69 Å². The van der Waals surface area contributed by atoms with Crippen LogP contribution in [0.3, 0.4) is 0 Å². The molecule has 1 aromatic heterocycles. The van der Waals surface area contributed by atoms with Gasteiger partial charge in [0, 0.05) is 17.0 Å². The minimum Gasteiger partial charge on any atom is -0.260 e. The van der Waals surface area contributed by atoms with Gasteiger partial charge in [0.25, 0.3) is 0 Å². The van der Waals surface area contributed by atoms with Crippen LogP contribution in [0.25, 0.3) is 0 Å². The SMILES string of the molecule is SCc1cc(Cl)ccn1. The molecule has 0 aromatic carbocycles. The maximum Gasteiger partial charge on any atom is 0.0514 e. The second-order valence-corrected chi connectivity index (χ2v) is 2.38. The van der Waals surface area contributed by atoms with Crippen LogP contribution >= 0.6 is 24.2 Å². The van der Waals surface area contributed by atoms with E-state index in [1.807, 2.05) is 0 Å². The smallest absolute Gasteiger partial charge is 0.0514 e. The van der Waals surface area contributed by atoms with Gasteiger partial charge in [0.15, 0.2) is 0 Å². The zero-order valence-electron chi connectivity index (χ0n) is 4.71. The van der Waals surface area contributed by atoms with Gasteiger partial charge in [0.1, 0.15) is 0 Å². The average molecular weight is 160 g/mol. The third-order valence-electron chi connectivity index (χ3n) is 0.941. The first-order valence-electron chi connectivity index (χ1n) is 2.54. The van der Waals surface area contributed by atoms with E-state index in [1.54, 1.807) is 18.3 Å². The Balaban J connectivity index is 2.94. The van der Waals surface area contributed by atoms with E-state index in [-0.39, 0.29) is 0 Å². The highest BCUT2D eigenvalue weighted by Gasteiger charge is 1.89. The zero-order valence-corrected chi connectivity index (χ0v) is 6.36. The molecule has 0 N–H and O–H groups in total. The Kier molecular flexibility index (Phi) is 2.37. The lowest BCUT2D eigenvalue weighted by Crippen LogP contribution is -1.81. The van der Waals surface area contributed by atoms with Crippen molar-refractivity contribution in [3.63, 3.8) is 0 Å². The van der Waals surface area contributed by atoms with Crippen molar-refractivity contribution < 1.29 is 0 Å². The molecule has 0 atom stereocenters. The summed E-state index contributed by atoms with van der Waals surface area (Å²) >= 11 is 9.69. The van der Waals surface area contributed by atoms with Crippen molar-refractivity contribution in [2.24, 2.45) is 0 Å². The predicted molar refractivity (Wildman–Crippen MR) is 41.9 cm³/mol. The first-order valence-corrected chi connectivity index (χ1v) is 3.55. The quantitative estimate of drug-likeness (QED) is 0.620. The van der Waals surface area contributed by atoms with Crippen LogP contribution in [0.4, 0.5) is 0 Å². The number of halogens is 1. The molecule has 0 aliphatic heterocycles. The Labute approximate surface area is 64.5 Å². The number of hydrogen-bond acceptors (Lipinski definition) is 2. The second kappa shape index (κ2) is 3.08. The van der Waals surface area contributed by atoms with Gasteiger partial charge < -0.3 is 0 Å². The maximum absolute atomic E-state index is 5.65.